The molecule has 3 rings (SSSR count). The Kier molecular flexibility index (Phi) is 8.70. The van der Waals surface area contributed by atoms with Gasteiger partial charge in [0.05, 0.1) is 5.69 Å². The van der Waals surface area contributed by atoms with E-state index < -0.39 is 6.10 Å². The van der Waals surface area contributed by atoms with Crippen LogP contribution in [-0.2, 0) is 4.79 Å². The Morgan fingerprint density at radius 1 is 1.14 bits per heavy atom. The van der Waals surface area contributed by atoms with Gasteiger partial charge in [-0.1, -0.05) is 12.1 Å². The van der Waals surface area contributed by atoms with E-state index in [1.807, 2.05) is 11.0 Å². The van der Waals surface area contributed by atoms with Crippen LogP contribution in [0.3, 0.4) is 0 Å². The molecule has 6 nitrogen and oxygen atoms in total. The van der Waals surface area contributed by atoms with E-state index in [0.717, 1.165) is 26.2 Å². The van der Waals surface area contributed by atoms with E-state index in [4.69, 9.17) is 4.74 Å². The monoisotopic (exact) mass is 423 g/mol. The largest absolute Gasteiger partial charge is 0.491 e. The number of amides is 1. The van der Waals surface area contributed by atoms with Crippen LogP contribution in [0.4, 0.5) is 15.8 Å². The summed E-state index contributed by atoms with van der Waals surface area (Å²) < 4.78 is 19.5. The molecule has 1 heterocycles. The van der Waals surface area contributed by atoms with Gasteiger partial charge in [0.1, 0.15) is 24.3 Å². The SMILES string of the molecule is CC(=O)Nc1ccc(OCC(O)CN2CCN(c3ccccc3F)CC2)cc1.Cl. The molecule has 2 aromatic rings. The molecule has 1 unspecified atom stereocenters. The van der Waals surface area contributed by atoms with Crippen LogP contribution in [0.2, 0.25) is 0 Å². The molecule has 1 fully saturated rings. The zero-order valence-electron chi connectivity index (χ0n) is 16.4. The first-order valence-corrected chi connectivity index (χ1v) is 9.41. The van der Waals surface area contributed by atoms with E-state index in [9.17, 15) is 14.3 Å². The number of halogens is 2. The number of carbonyl (C=O) groups is 1. The number of ether oxygens (including phenoxy) is 1. The van der Waals surface area contributed by atoms with Crippen molar-refractivity contribution in [2.24, 2.45) is 0 Å². The van der Waals surface area contributed by atoms with E-state index in [2.05, 4.69) is 10.2 Å². The molecule has 0 spiro atoms. The average molecular weight is 424 g/mol. The summed E-state index contributed by atoms with van der Waals surface area (Å²) >= 11 is 0. The lowest BCUT2D eigenvalue weighted by Crippen LogP contribution is -2.49. The zero-order valence-corrected chi connectivity index (χ0v) is 17.2. The number of hydrogen-bond acceptors (Lipinski definition) is 5. The van der Waals surface area contributed by atoms with Crippen molar-refractivity contribution in [2.75, 3.05) is 49.5 Å². The van der Waals surface area contributed by atoms with Crippen LogP contribution in [0, 0.1) is 5.82 Å². The summed E-state index contributed by atoms with van der Waals surface area (Å²) in [5, 5.41) is 13.0. The second-order valence-electron chi connectivity index (χ2n) is 6.91. The molecule has 1 aliphatic rings. The minimum absolute atomic E-state index is 0. The third-order valence-corrected chi connectivity index (χ3v) is 4.65. The number of rotatable bonds is 7. The molecular weight excluding hydrogens is 397 g/mol. The van der Waals surface area contributed by atoms with Crippen molar-refractivity contribution in [3.63, 3.8) is 0 Å². The van der Waals surface area contributed by atoms with Crippen molar-refractivity contribution in [1.82, 2.24) is 4.90 Å². The minimum Gasteiger partial charge on any atom is -0.491 e. The van der Waals surface area contributed by atoms with Crippen LogP contribution in [0.1, 0.15) is 6.92 Å². The molecule has 0 bridgehead atoms. The Morgan fingerprint density at radius 3 is 2.41 bits per heavy atom. The van der Waals surface area contributed by atoms with E-state index in [1.54, 1.807) is 36.4 Å². The first-order valence-electron chi connectivity index (χ1n) is 9.41. The molecule has 1 atom stereocenters. The number of piperazine rings is 1. The summed E-state index contributed by atoms with van der Waals surface area (Å²) in [6.45, 7) is 5.12. The van der Waals surface area contributed by atoms with Crippen molar-refractivity contribution in [2.45, 2.75) is 13.0 Å². The van der Waals surface area contributed by atoms with Gasteiger partial charge in [-0.2, -0.15) is 0 Å². The minimum atomic E-state index is -0.616. The molecule has 0 radical (unpaired) electrons. The van der Waals surface area contributed by atoms with Crippen LogP contribution in [-0.4, -0.2) is 61.3 Å². The lowest BCUT2D eigenvalue weighted by molar-refractivity contribution is -0.114. The number of para-hydroxylation sites is 1. The Balaban J connectivity index is 0.00000300. The van der Waals surface area contributed by atoms with Crippen molar-refractivity contribution in [3.8, 4) is 5.75 Å². The fraction of sp³-hybridized carbons (Fsp3) is 0.381. The topological polar surface area (TPSA) is 65.0 Å². The number of benzene rings is 2. The van der Waals surface area contributed by atoms with Crippen molar-refractivity contribution in [1.29, 1.82) is 0 Å². The lowest BCUT2D eigenvalue weighted by Gasteiger charge is -2.36. The van der Waals surface area contributed by atoms with E-state index in [1.165, 1.54) is 13.0 Å². The summed E-state index contributed by atoms with van der Waals surface area (Å²) in [5.74, 6) is 0.311. The Bertz CT molecular complexity index is 783. The van der Waals surface area contributed by atoms with Crippen molar-refractivity contribution >= 4 is 29.7 Å². The summed E-state index contributed by atoms with van der Waals surface area (Å²) in [6, 6.07) is 13.8. The Hall–Kier alpha value is -2.35. The highest BCUT2D eigenvalue weighted by molar-refractivity contribution is 5.88. The molecule has 8 heteroatoms. The average Bonchev–Trinajstić information content (AvgIpc) is 2.68. The lowest BCUT2D eigenvalue weighted by atomic mass is 10.2. The molecule has 29 heavy (non-hydrogen) atoms. The van der Waals surface area contributed by atoms with Gasteiger partial charge in [-0.3, -0.25) is 9.69 Å². The van der Waals surface area contributed by atoms with Gasteiger partial charge in [-0.15, -0.1) is 12.4 Å². The second kappa shape index (κ2) is 11.0. The number of anilines is 2. The van der Waals surface area contributed by atoms with Crippen LogP contribution in [0.25, 0.3) is 0 Å². The summed E-state index contributed by atoms with van der Waals surface area (Å²) in [4.78, 5) is 15.2. The summed E-state index contributed by atoms with van der Waals surface area (Å²) in [7, 11) is 0. The van der Waals surface area contributed by atoms with E-state index in [-0.39, 0.29) is 30.7 Å². The maximum absolute atomic E-state index is 13.9. The fourth-order valence-electron chi connectivity index (χ4n) is 3.26. The first kappa shape index (κ1) is 22.9. The van der Waals surface area contributed by atoms with Crippen LogP contribution in [0.15, 0.2) is 48.5 Å². The highest BCUT2D eigenvalue weighted by Gasteiger charge is 2.21. The normalized spacial score (nSPS) is 15.3. The molecule has 1 amide bonds. The Morgan fingerprint density at radius 2 is 1.79 bits per heavy atom. The molecule has 0 aliphatic carbocycles. The zero-order chi connectivity index (χ0) is 19.9. The molecule has 2 aromatic carbocycles. The standard InChI is InChI=1S/C21H26FN3O3.ClH/c1-16(26)23-17-6-8-19(9-7-17)28-15-18(27)14-24-10-12-25(13-11-24)21-5-3-2-4-20(21)22;/h2-9,18,27H,10-15H2,1H3,(H,23,26);1H. The number of β-amino-alcohol motifs (C(OH)–C–C–N with tert-alkyl or cyclic N) is 1. The number of nitrogens with one attached hydrogen (secondary N) is 1. The van der Waals surface area contributed by atoms with Gasteiger partial charge in [-0.25, -0.2) is 4.39 Å². The number of aliphatic hydroxyl groups excluding tert-OH is 1. The number of aliphatic hydroxyl groups is 1. The Labute approximate surface area is 176 Å². The van der Waals surface area contributed by atoms with Gasteiger partial charge < -0.3 is 20.1 Å². The molecule has 1 saturated heterocycles. The summed E-state index contributed by atoms with van der Waals surface area (Å²) in [6.07, 6.45) is -0.616. The fourth-order valence-corrected chi connectivity index (χ4v) is 3.26. The first-order chi connectivity index (χ1) is 13.5. The number of nitrogens with zero attached hydrogens (tertiary/aromatic N) is 2. The highest BCUT2D eigenvalue weighted by Crippen LogP contribution is 2.20. The molecular formula is C21H27ClFN3O3. The summed E-state index contributed by atoms with van der Waals surface area (Å²) in [5.41, 5.74) is 1.34. The predicted octanol–water partition coefficient (Wildman–Crippen LogP) is 2.77. The number of carbonyl (C=O) groups excluding carboxylic acids is 1. The molecule has 0 saturated carbocycles. The van der Waals surface area contributed by atoms with E-state index >= 15 is 0 Å². The van der Waals surface area contributed by atoms with Crippen LogP contribution >= 0.6 is 12.4 Å². The molecule has 2 N–H and O–H groups in total. The molecule has 1 aliphatic heterocycles. The van der Waals surface area contributed by atoms with E-state index in [0.29, 0.717) is 23.7 Å². The van der Waals surface area contributed by atoms with Gasteiger partial charge in [-0.05, 0) is 36.4 Å². The maximum Gasteiger partial charge on any atom is 0.221 e. The highest BCUT2D eigenvalue weighted by atomic mass is 35.5. The third kappa shape index (κ3) is 6.88. The van der Waals surface area contributed by atoms with Gasteiger partial charge in [0.15, 0.2) is 0 Å². The van der Waals surface area contributed by atoms with Crippen LogP contribution in [0.5, 0.6) is 5.75 Å². The quantitative estimate of drug-likeness (QED) is 0.717. The molecule has 158 valence electrons. The van der Waals surface area contributed by atoms with Gasteiger partial charge in [0.25, 0.3) is 0 Å². The van der Waals surface area contributed by atoms with Gasteiger partial charge >= 0.3 is 0 Å². The van der Waals surface area contributed by atoms with Crippen LogP contribution < -0.4 is 15.0 Å². The van der Waals surface area contributed by atoms with Gasteiger partial charge in [0.2, 0.25) is 5.91 Å². The van der Waals surface area contributed by atoms with Gasteiger partial charge in [0, 0.05) is 45.3 Å². The third-order valence-electron chi connectivity index (χ3n) is 4.65. The smallest absolute Gasteiger partial charge is 0.221 e. The maximum atomic E-state index is 13.9. The molecule has 0 aromatic heterocycles. The predicted molar refractivity (Wildman–Crippen MR) is 115 cm³/mol. The van der Waals surface area contributed by atoms with Crippen molar-refractivity contribution < 1.29 is 19.0 Å². The van der Waals surface area contributed by atoms with Crippen molar-refractivity contribution in [3.05, 3.63) is 54.3 Å². The number of hydrogen-bond donors (Lipinski definition) is 2. The second-order valence-corrected chi connectivity index (χ2v) is 6.91.